The second-order valence-corrected chi connectivity index (χ2v) is 7.18. The molecule has 0 bridgehead atoms. The van der Waals surface area contributed by atoms with Crippen LogP contribution in [0.1, 0.15) is 31.9 Å². The lowest BCUT2D eigenvalue weighted by Gasteiger charge is -2.12. The fourth-order valence-electron chi connectivity index (χ4n) is 3.34. The highest BCUT2D eigenvalue weighted by Crippen LogP contribution is 2.24. The van der Waals surface area contributed by atoms with Crippen molar-refractivity contribution in [2.45, 2.75) is 40.2 Å². The Hall–Kier alpha value is -3.74. The zero-order valence-electron chi connectivity index (χ0n) is 17.9. The van der Waals surface area contributed by atoms with Gasteiger partial charge in [0.1, 0.15) is 6.54 Å². The van der Waals surface area contributed by atoms with Crippen molar-refractivity contribution in [3.05, 3.63) is 76.1 Å². The molecule has 3 aromatic rings. The van der Waals surface area contributed by atoms with Gasteiger partial charge in [0, 0.05) is 29.9 Å². The van der Waals surface area contributed by atoms with Gasteiger partial charge < -0.3 is 10.6 Å². The van der Waals surface area contributed by atoms with Gasteiger partial charge in [-0.1, -0.05) is 44.2 Å². The number of carbonyl (C=O) groups excluding carboxylic acids is 2. The van der Waals surface area contributed by atoms with Gasteiger partial charge in [-0.25, -0.2) is 4.68 Å². The van der Waals surface area contributed by atoms with Crippen molar-refractivity contribution >= 4 is 23.2 Å². The van der Waals surface area contributed by atoms with Gasteiger partial charge in [-0.2, -0.15) is 5.10 Å². The molecule has 0 aliphatic carbocycles. The molecule has 31 heavy (non-hydrogen) atoms. The molecule has 0 fully saturated rings. The topological polar surface area (TPSA) is 93.1 Å². The molecule has 1 heterocycles. The maximum atomic E-state index is 12.6. The second-order valence-electron chi connectivity index (χ2n) is 7.18. The predicted molar refractivity (Wildman–Crippen MR) is 122 cm³/mol. The van der Waals surface area contributed by atoms with E-state index in [9.17, 15) is 14.4 Å². The highest BCUT2D eigenvalue weighted by atomic mass is 16.2. The lowest BCUT2D eigenvalue weighted by atomic mass is 10.0. The number of hydrogen-bond donors (Lipinski definition) is 2. The van der Waals surface area contributed by atoms with Gasteiger partial charge >= 0.3 is 0 Å². The van der Waals surface area contributed by atoms with Crippen LogP contribution in [0.2, 0.25) is 0 Å². The van der Waals surface area contributed by atoms with E-state index in [1.807, 2.05) is 56.3 Å². The van der Waals surface area contributed by atoms with Gasteiger partial charge in [0.05, 0.1) is 5.69 Å². The van der Waals surface area contributed by atoms with Crippen molar-refractivity contribution in [3.63, 3.8) is 0 Å². The van der Waals surface area contributed by atoms with Crippen molar-refractivity contribution < 1.29 is 9.59 Å². The molecule has 2 N–H and O–H groups in total. The van der Waals surface area contributed by atoms with Gasteiger partial charge in [0.25, 0.3) is 5.56 Å². The molecule has 0 atom stereocenters. The third kappa shape index (κ3) is 5.45. The number of hydrogen-bond acceptors (Lipinski definition) is 4. The van der Waals surface area contributed by atoms with Gasteiger partial charge in [-0.15, -0.1) is 0 Å². The van der Waals surface area contributed by atoms with E-state index < -0.39 is 0 Å². The van der Waals surface area contributed by atoms with Gasteiger partial charge in [0.2, 0.25) is 11.8 Å². The van der Waals surface area contributed by atoms with Gasteiger partial charge in [-0.05, 0) is 42.2 Å². The number of benzene rings is 2. The number of nitrogens with zero attached hydrogens (tertiary/aromatic N) is 2. The Morgan fingerprint density at radius 2 is 1.61 bits per heavy atom. The zero-order chi connectivity index (χ0) is 22.4. The van der Waals surface area contributed by atoms with Gasteiger partial charge in [-0.3, -0.25) is 14.4 Å². The molecule has 0 aliphatic rings. The first-order chi connectivity index (χ1) is 14.9. The molecule has 2 amide bonds. The number of aromatic nitrogens is 2. The molecule has 3 rings (SSSR count). The molecule has 0 spiro atoms. The minimum atomic E-state index is -0.366. The Morgan fingerprint density at radius 3 is 2.32 bits per heavy atom. The summed E-state index contributed by atoms with van der Waals surface area (Å²) < 4.78 is 1.14. The second kappa shape index (κ2) is 9.84. The maximum absolute atomic E-state index is 12.6. The smallest absolute Gasteiger partial charge is 0.267 e. The van der Waals surface area contributed by atoms with Crippen molar-refractivity contribution in [2.75, 3.05) is 10.6 Å². The molecule has 0 aliphatic heterocycles. The summed E-state index contributed by atoms with van der Waals surface area (Å²) in [5, 5.41) is 10.1. The van der Waals surface area contributed by atoms with Crippen LogP contribution in [0.4, 0.5) is 11.4 Å². The van der Waals surface area contributed by atoms with E-state index in [1.165, 1.54) is 13.0 Å². The Labute approximate surface area is 181 Å². The van der Waals surface area contributed by atoms with Crippen LogP contribution in [0.25, 0.3) is 11.3 Å². The Kier molecular flexibility index (Phi) is 6.97. The van der Waals surface area contributed by atoms with Crippen molar-refractivity contribution in [1.29, 1.82) is 0 Å². The number of nitrogens with one attached hydrogen (secondary N) is 2. The van der Waals surface area contributed by atoms with E-state index in [4.69, 9.17) is 0 Å². The number of aryl methyl sites for hydroxylation is 2. The minimum absolute atomic E-state index is 0.159. The molecule has 0 saturated carbocycles. The Morgan fingerprint density at radius 1 is 0.903 bits per heavy atom. The fourth-order valence-corrected chi connectivity index (χ4v) is 3.34. The number of anilines is 2. The summed E-state index contributed by atoms with van der Waals surface area (Å²) >= 11 is 0. The van der Waals surface area contributed by atoms with E-state index in [1.54, 1.807) is 6.07 Å². The zero-order valence-corrected chi connectivity index (χ0v) is 17.9. The molecule has 7 nitrogen and oxygen atoms in total. The third-order valence-electron chi connectivity index (χ3n) is 4.93. The molecule has 0 saturated heterocycles. The van der Waals surface area contributed by atoms with E-state index in [0.29, 0.717) is 11.4 Å². The Bertz CT molecular complexity index is 1170. The van der Waals surface area contributed by atoms with Crippen molar-refractivity contribution in [1.82, 2.24) is 9.78 Å². The van der Waals surface area contributed by atoms with Crippen LogP contribution < -0.4 is 16.2 Å². The van der Waals surface area contributed by atoms with E-state index in [-0.39, 0.29) is 23.9 Å². The Balaban J connectivity index is 1.86. The van der Waals surface area contributed by atoms with Crippen molar-refractivity contribution in [2.24, 2.45) is 0 Å². The summed E-state index contributed by atoms with van der Waals surface area (Å²) in [7, 11) is 0. The van der Waals surface area contributed by atoms with Gasteiger partial charge in [0.15, 0.2) is 0 Å². The monoisotopic (exact) mass is 418 g/mol. The van der Waals surface area contributed by atoms with Crippen LogP contribution in [0.3, 0.4) is 0 Å². The molecular weight excluding hydrogens is 392 g/mol. The highest BCUT2D eigenvalue weighted by Gasteiger charge is 2.11. The predicted octanol–water partition coefficient (Wildman–Crippen LogP) is 3.63. The molecule has 7 heteroatoms. The summed E-state index contributed by atoms with van der Waals surface area (Å²) in [4.78, 5) is 36.4. The molecular formula is C24H26N4O3. The van der Waals surface area contributed by atoms with E-state index in [2.05, 4.69) is 15.7 Å². The number of para-hydroxylation sites is 1. The standard InChI is InChI=1S/C24H26N4O3/c1-4-17-8-6-7-9-20(17)26-23(30)15-28-24(31)13-12-21(27-28)19-11-10-18(5-2)22(14-19)25-16(3)29/h6-14H,4-5,15H2,1-3H3,(H,25,29)(H,26,30). The van der Waals surface area contributed by atoms with E-state index >= 15 is 0 Å². The molecule has 1 aromatic heterocycles. The summed E-state index contributed by atoms with van der Waals surface area (Å²) in [6, 6.07) is 16.2. The summed E-state index contributed by atoms with van der Waals surface area (Å²) in [6.07, 6.45) is 1.55. The first-order valence-corrected chi connectivity index (χ1v) is 10.3. The van der Waals surface area contributed by atoms with Crippen LogP contribution in [0.15, 0.2) is 59.4 Å². The molecule has 160 valence electrons. The SMILES string of the molecule is CCc1ccc(-c2ccc(=O)n(CC(=O)Nc3ccccc3CC)n2)cc1NC(C)=O. The number of amides is 2. The summed E-state index contributed by atoms with van der Waals surface area (Å²) in [5.41, 5.74) is 4.37. The maximum Gasteiger partial charge on any atom is 0.267 e. The largest absolute Gasteiger partial charge is 0.326 e. The lowest BCUT2D eigenvalue weighted by molar-refractivity contribution is -0.117. The average Bonchev–Trinajstić information content (AvgIpc) is 2.75. The quantitative estimate of drug-likeness (QED) is 0.613. The normalized spacial score (nSPS) is 10.5. The van der Waals surface area contributed by atoms with Crippen LogP contribution in [-0.4, -0.2) is 21.6 Å². The summed E-state index contributed by atoms with van der Waals surface area (Å²) in [5.74, 6) is -0.485. The van der Waals surface area contributed by atoms with Crippen LogP contribution in [0.5, 0.6) is 0 Å². The molecule has 0 unspecified atom stereocenters. The first kappa shape index (κ1) is 22.0. The lowest BCUT2D eigenvalue weighted by Crippen LogP contribution is -2.29. The van der Waals surface area contributed by atoms with Crippen molar-refractivity contribution in [3.8, 4) is 11.3 Å². The number of rotatable bonds is 7. The molecule has 2 aromatic carbocycles. The first-order valence-electron chi connectivity index (χ1n) is 10.3. The van der Waals surface area contributed by atoms with Crippen LogP contribution >= 0.6 is 0 Å². The number of carbonyl (C=O) groups is 2. The van der Waals surface area contributed by atoms with Crippen LogP contribution in [-0.2, 0) is 29.0 Å². The van der Waals surface area contributed by atoms with Crippen LogP contribution in [0, 0.1) is 0 Å². The third-order valence-corrected chi connectivity index (χ3v) is 4.93. The summed E-state index contributed by atoms with van der Waals surface area (Å²) in [6.45, 7) is 5.28. The fraction of sp³-hybridized carbons (Fsp3) is 0.250. The average molecular weight is 418 g/mol. The van der Waals surface area contributed by atoms with E-state index in [0.717, 1.165) is 39.9 Å². The minimum Gasteiger partial charge on any atom is -0.326 e. The molecule has 0 radical (unpaired) electrons. The highest BCUT2D eigenvalue weighted by molar-refractivity contribution is 5.91.